The Balaban J connectivity index is 1.77. The van der Waals surface area contributed by atoms with E-state index in [0.29, 0.717) is 16.5 Å². The lowest BCUT2D eigenvalue weighted by molar-refractivity contribution is 0.413. The van der Waals surface area contributed by atoms with Crippen LogP contribution < -0.4 is 10.6 Å². The molecule has 0 saturated heterocycles. The van der Waals surface area contributed by atoms with Crippen LogP contribution in [0.15, 0.2) is 40.2 Å². The van der Waals surface area contributed by atoms with Gasteiger partial charge in [0.25, 0.3) is 0 Å². The largest absolute Gasteiger partial charge is 0.355 e. The van der Waals surface area contributed by atoms with Crippen molar-refractivity contribution in [1.29, 1.82) is 0 Å². The molecule has 0 amide bonds. The Hall–Kier alpha value is -1.01. The smallest absolute Gasteiger partial charge is 0.191 e. The van der Waals surface area contributed by atoms with E-state index in [2.05, 4.69) is 46.8 Å². The van der Waals surface area contributed by atoms with E-state index in [1.807, 2.05) is 31.8 Å². The number of rotatable bonds is 7. The van der Waals surface area contributed by atoms with Gasteiger partial charge < -0.3 is 10.6 Å². The molecule has 1 saturated carbocycles. The lowest BCUT2D eigenvalue weighted by Crippen LogP contribution is -2.47. The van der Waals surface area contributed by atoms with E-state index in [-0.39, 0.29) is 0 Å². The Morgan fingerprint density at radius 1 is 1.36 bits per heavy atom. The van der Waals surface area contributed by atoms with Gasteiger partial charge in [-0.3, -0.25) is 9.20 Å². The molecule has 4 atom stereocenters. The number of guanidine groups is 1. The highest BCUT2D eigenvalue weighted by Crippen LogP contribution is 2.23. The van der Waals surface area contributed by atoms with Crippen molar-refractivity contribution >= 4 is 28.5 Å². The van der Waals surface area contributed by atoms with Crippen LogP contribution in [-0.2, 0) is 10.8 Å². The standard InChI is InChI=1S/C19H31N3OS2/c1-4-25(23)18-12-8-9-16(13-18)22-19(20-3)21-14-15(2)24-17-10-6-5-7-11-17/h5-7,10-11,15-16,18H,4,8-9,12-14H2,1-3H3,(H2,20,21,22). The summed E-state index contributed by atoms with van der Waals surface area (Å²) in [5.41, 5.74) is 0. The van der Waals surface area contributed by atoms with Gasteiger partial charge in [-0.2, -0.15) is 0 Å². The van der Waals surface area contributed by atoms with E-state index < -0.39 is 10.8 Å². The topological polar surface area (TPSA) is 53.5 Å². The molecule has 0 heterocycles. The normalized spacial score (nSPS) is 23.7. The lowest BCUT2D eigenvalue weighted by atomic mass is 9.95. The van der Waals surface area contributed by atoms with E-state index in [0.717, 1.165) is 43.9 Å². The van der Waals surface area contributed by atoms with Crippen molar-refractivity contribution in [3.8, 4) is 0 Å². The quantitative estimate of drug-likeness (QED) is 0.432. The highest BCUT2D eigenvalue weighted by atomic mass is 32.2. The summed E-state index contributed by atoms with van der Waals surface area (Å²) in [6.45, 7) is 5.09. The maximum atomic E-state index is 12.1. The molecule has 0 aromatic heterocycles. The van der Waals surface area contributed by atoms with Gasteiger partial charge in [0.1, 0.15) is 0 Å². The number of nitrogens with zero attached hydrogens (tertiary/aromatic N) is 1. The van der Waals surface area contributed by atoms with Gasteiger partial charge in [0.2, 0.25) is 0 Å². The third-order valence-electron chi connectivity index (χ3n) is 4.48. The highest BCUT2D eigenvalue weighted by molar-refractivity contribution is 8.00. The second-order valence-electron chi connectivity index (χ2n) is 6.49. The summed E-state index contributed by atoms with van der Waals surface area (Å²) in [7, 11) is 1.13. The summed E-state index contributed by atoms with van der Waals surface area (Å²) in [4.78, 5) is 5.65. The molecule has 6 heteroatoms. The Kier molecular flexibility index (Phi) is 8.82. The Labute approximate surface area is 159 Å². The molecule has 0 aliphatic heterocycles. The Bertz CT molecular complexity index is 565. The van der Waals surface area contributed by atoms with Crippen LogP contribution in [0.5, 0.6) is 0 Å². The van der Waals surface area contributed by atoms with Crippen LogP contribution in [0.3, 0.4) is 0 Å². The zero-order valence-corrected chi connectivity index (χ0v) is 17.2. The molecule has 4 unspecified atom stereocenters. The predicted octanol–water partition coefficient (Wildman–Crippen LogP) is 3.41. The van der Waals surface area contributed by atoms with E-state index in [9.17, 15) is 4.21 Å². The first-order valence-electron chi connectivity index (χ1n) is 9.18. The van der Waals surface area contributed by atoms with Crippen molar-refractivity contribution in [2.24, 2.45) is 4.99 Å². The van der Waals surface area contributed by atoms with Gasteiger partial charge in [-0.1, -0.05) is 38.5 Å². The van der Waals surface area contributed by atoms with E-state index in [4.69, 9.17) is 0 Å². The van der Waals surface area contributed by atoms with Crippen molar-refractivity contribution in [2.45, 2.75) is 61.0 Å². The molecule has 0 radical (unpaired) electrons. The molecule has 0 bridgehead atoms. The predicted molar refractivity (Wildman–Crippen MR) is 111 cm³/mol. The summed E-state index contributed by atoms with van der Waals surface area (Å²) in [5, 5.41) is 7.75. The van der Waals surface area contributed by atoms with Crippen LogP contribution in [0.2, 0.25) is 0 Å². The number of aliphatic imine (C=N–C) groups is 1. The monoisotopic (exact) mass is 381 g/mol. The maximum absolute atomic E-state index is 12.1. The first kappa shape index (κ1) is 20.3. The van der Waals surface area contributed by atoms with Crippen molar-refractivity contribution in [2.75, 3.05) is 19.3 Å². The number of thioether (sulfide) groups is 1. The minimum Gasteiger partial charge on any atom is -0.355 e. The van der Waals surface area contributed by atoms with Gasteiger partial charge in [0.15, 0.2) is 5.96 Å². The van der Waals surface area contributed by atoms with Gasteiger partial charge in [-0.15, -0.1) is 11.8 Å². The number of hydrogen-bond acceptors (Lipinski definition) is 3. The molecule has 1 aromatic rings. The molecule has 2 rings (SSSR count). The zero-order chi connectivity index (χ0) is 18.1. The summed E-state index contributed by atoms with van der Waals surface area (Å²) in [6, 6.07) is 10.8. The summed E-state index contributed by atoms with van der Waals surface area (Å²) in [5.74, 6) is 1.62. The summed E-state index contributed by atoms with van der Waals surface area (Å²) in [6.07, 6.45) is 4.35. The average Bonchev–Trinajstić information content (AvgIpc) is 2.65. The van der Waals surface area contributed by atoms with Crippen molar-refractivity contribution in [3.05, 3.63) is 30.3 Å². The summed E-state index contributed by atoms with van der Waals surface area (Å²) < 4.78 is 12.1. The zero-order valence-electron chi connectivity index (χ0n) is 15.5. The third-order valence-corrected chi connectivity index (χ3v) is 7.34. The molecule has 4 nitrogen and oxygen atoms in total. The van der Waals surface area contributed by atoms with Gasteiger partial charge >= 0.3 is 0 Å². The second-order valence-corrected chi connectivity index (χ2v) is 10.0. The Morgan fingerprint density at radius 3 is 2.80 bits per heavy atom. The SMILES string of the molecule is CCS(=O)C1CCCC(NC(=NC)NCC(C)Sc2ccccc2)C1. The van der Waals surface area contributed by atoms with Crippen molar-refractivity contribution < 1.29 is 4.21 Å². The van der Waals surface area contributed by atoms with Crippen LogP contribution in [0.4, 0.5) is 0 Å². The van der Waals surface area contributed by atoms with E-state index >= 15 is 0 Å². The van der Waals surface area contributed by atoms with Crippen LogP contribution in [-0.4, -0.2) is 46.1 Å². The summed E-state index contributed by atoms with van der Waals surface area (Å²) >= 11 is 1.86. The molecule has 1 fully saturated rings. The van der Waals surface area contributed by atoms with Crippen LogP contribution in [0.25, 0.3) is 0 Å². The molecule has 1 aromatic carbocycles. The minimum absolute atomic E-state index is 0.335. The number of benzene rings is 1. The van der Waals surface area contributed by atoms with E-state index in [1.165, 1.54) is 4.90 Å². The lowest BCUT2D eigenvalue weighted by Gasteiger charge is -2.30. The van der Waals surface area contributed by atoms with Crippen LogP contribution in [0, 0.1) is 0 Å². The fourth-order valence-electron chi connectivity index (χ4n) is 3.15. The third kappa shape index (κ3) is 7.02. The average molecular weight is 382 g/mol. The molecular weight excluding hydrogens is 350 g/mol. The molecule has 25 heavy (non-hydrogen) atoms. The molecular formula is C19H31N3OS2. The number of nitrogens with one attached hydrogen (secondary N) is 2. The van der Waals surface area contributed by atoms with Crippen LogP contribution in [0.1, 0.15) is 39.5 Å². The fraction of sp³-hybridized carbons (Fsp3) is 0.632. The molecule has 1 aliphatic rings. The minimum atomic E-state index is -0.688. The Morgan fingerprint density at radius 2 is 2.12 bits per heavy atom. The first-order chi connectivity index (χ1) is 12.1. The van der Waals surface area contributed by atoms with Gasteiger partial charge in [-0.05, 0) is 31.4 Å². The van der Waals surface area contributed by atoms with Gasteiger partial charge in [0, 0.05) is 51.6 Å². The fourth-order valence-corrected chi connectivity index (χ4v) is 5.45. The molecule has 2 N–H and O–H groups in total. The van der Waals surface area contributed by atoms with Crippen molar-refractivity contribution in [1.82, 2.24) is 10.6 Å². The van der Waals surface area contributed by atoms with E-state index in [1.54, 1.807) is 0 Å². The van der Waals surface area contributed by atoms with Crippen molar-refractivity contribution in [3.63, 3.8) is 0 Å². The highest BCUT2D eigenvalue weighted by Gasteiger charge is 2.26. The molecule has 140 valence electrons. The van der Waals surface area contributed by atoms with Gasteiger partial charge in [-0.25, -0.2) is 0 Å². The molecule has 0 spiro atoms. The second kappa shape index (κ2) is 10.9. The first-order valence-corrected chi connectivity index (χ1v) is 11.4. The van der Waals surface area contributed by atoms with Crippen LogP contribution >= 0.6 is 11.8 Å². The number of hydrogen-bond donors (Lipinski definition) is 2. The maximum Gasteiger partial charge on any atom is 0.191 e. The van der Waals surface area contributed by atoms with Gasteiger partial charge in [0.05, 0.1) is 0 Å². The molecule has 1 aliphatic carbocycles.